The molecule has 0 unspecified atom stereocenters. The number of rotatable bonds is 3. The van der Waals surface area contributed by atoms with Crippen molar-refractivity contribution >= 4 is 11.8 Å². The SMILES string of the molecule is COC(=O)C[C@H]1C(C)(C)C(=O)C=C2O[C@H]3[C@H]([C@@]21C)[C@@](C)(O)[C@@]12O[C@@H]1C[C@@H](c1ccoc1)[C@]2(C)[C@H]3O. The molecule has 35 heavy (non-hydrogen) atoms. The van der Waals surface area contributed by atoms with Crippen molar-refractivity contribution in [3.05, 3.63) is 36.0 Å². The van der Waals surface area contributed by atoms with Gasteiger partial charge < -0.3 is 28.8 Å². The fourth-order valence-corrected chi connectivity index (χ4v) is 9.05. The Morgan fingerprint density at radius 1 is 1.23 bits per heavy atom. The molecule has 3 heterocycles. The molecule has 8 heteroatoms. The van der Waals surface area contributed by atoms with E-state index in [1.807, 2.05) is 33.8 Å². The van der Waals surface area contributed by atoms with Crippen molar-refractivity contribution in [1.82, 2.24) is 0 Å². The van der Waals surface area contributed by atoms with Gasteiger partial charge in [-0.25, -0.2) is 0 Å². The largest absolute Gasteiger partial charge is 0.491 e. The van der Waals surface area contributed by atoms with E-state index in [0.29, 0.717) is 12.2 Å². The van der Waals surface area contributed by atoms with E-state index < -0.39 is 57.5 Å². The van der Waals surface area contributed by atoms with Crippen LogP contribution in [0, 0.1) is 28.1 Å². The number of ketones is 1. The van der Waals surface area contributed by atoms with Gasteiger partial charge in [0.05, 0.1) is 32.2 Å². The molecule has 0 aromatic carbocycles. The molecular formula is C27H34O8. The Labute approximate surface area is 204 Å². The van der Waals surface area contributed by atoms with Crippen LogP contribution < -0.4 is 0 Å². The minimum atomic E-state index is -1.41. The molecule has 2 aliphatic heterocycles. The summed E-state index contributed by atoms with van der Waals surface area (Å²) in [6.45, 7) is 9.35. The Morgan fingerprint density at radius 2 is 1.94 bits per heavy atom. The molecular weight excluding hydrogens is 452 g/mol. The molecule has 190 valence electrons. The van der Waals surface area contributed by atoms with E-state index in [0.717, 1.165) is 5.56 Å². The number of aliphatic hydroxyl groups excluding tert-OH is 1. The quantitative estimate of drug-likeness (QED) is 0.495. The third-order valence-corrected chi connectivity index (χ3v) is 10.8. The van der Waals surface area contributed by atoms with Gasteiger partial charge in [0, 0.05) is 34.2 Å². The van der Waals surface area contributed by atoms with Crippen LogP contribution in [0.1, 0.15) is 58.9 Å². The van der Waals surface area contributed by atoms with Gasteiger partial charge in [-0.1, -0.05) is 27.7 Å². The number of esters is 1. The number of furan rings is 1. The molecule has 0 amide bonds. The molecule has 5 aliphatic rings. The average molecular weight is 487 g/mol. The first-order chi connectivity index (χ1) is 16.3. The van der Waals surface area contributed by atoms with E-state index in [2.05, 4.69) is 0 Å². The van der Waals surface area contributed by atoms with E-state index in [4.69, 9.17) is 18.6 Å². The minimum absolute atomic E-state index is 0.00592. The second-order valence-corrected chi connectivity index (χ2v) is 12.3. The Balaban J connectivity index is 1.52. The van der Waals surface area contributed by atoms with E-state index >= 15 is 0 Å². The Kier molecular flexibility index (Phi) is 4.37. The maximum Gasteiger partial charge on any atom is 0.305 e. The van der Waals surface area contributed by atoms with Gasteiger partial charge in [-0.15, -0.1) is 0 Å². The summed E-state index contributed by atoms with van der Waals surface area (Å²) in [4.78, 5) is 25.7. The maximum absolute atomic E-state index is 13.2. The first-order valence-electron chi connectivity index (χ1n) is 12.4. The number of ether oxygens (including phenoxy) is 3. The predicted octanol–water partition coefficient (Wildman–Crippen LogP) is 2.73. The first-order valence-corrected chi connectivity index (χ1v) is 12.4. The zero-order chi connectivity index (χ0) is 25.3. The number of carbonyl (C=O) groups is 2. The molecule has 0 bridgehead atoms. The predicted molar refractivity (Wildman–Crippen MR) is 122 cm³/mol. The first kappa shape index (κ1) is 23.3. The summed E-state index contributed by atoms with van der Waals surface area (Å²) in [5.74, 6) is -1.37. The summed E-state index contributed by atoms with van der Waals surface area (Å²) in [5.41, 5.74) is -4.11. The second-order valence-electron chi connectivity index (χ2n) is 12.3. The third kappa shape index (κ3) is 2.35. The smallest absolute Gasteiger partial charge is 0.305 e. The summed E-state index contributed by atoms with van der Waals surface area (Å²) < 4.78 is 23.1. The Morgan fingerprint density at radius 3 is 2.57 bits per heavy atom. The molecule has 3 aliphatic carbocycles. The average Bonchev–Trinajstić information content (AvgIpc) is 3.08. The van der Waals surface area contributed by atoms with Gasteiger partial charge >= 0.3 is 5.97 Å². The maximum atomic E-state index is 13.2. The van der Waals surface area contributed by atoms with Gasteiger partial charge in [0.2, 0.25) is 0 Å². The van der Waals surface area contributed by atoms with E-state index in [-0.39, 0.29) is 24.2 Å². The molecule has 2 N–H and O–H groups in total. The van der Waals surface area contributed by atoms with E-state index in [9.17, 15) is 19.8 Å². The third-order valence-electron chi connectivity index (χ3n) is 10.8. The lowest BCUT2D eigenvalue weighted by molar-refractivity contribution is -0.244. The number of hydrogen-bond donors (Lipinski definition) is 2. The molecule has 2 saturated carbocycles. The van der Waals surface area contributed by atoms with Crippen LogP contribution in [-0.4, -0.2) is 58.6 Å². The topological polar surface area (TPSA) is 119 Å². The lowest BCUT2D eigenvalue weighted by atomic mass is 9.44. The molecule has 2 saturated heterocycles. The molecule has 8 nitrogen and oxygen atoms in total. The molecule has 1 aromatic heterocycles. The van der Waals surface area contributed by atoms with Gasteiger partial charge in [0.15, 0.2) is 5.78 Å². The van der Waals surface area contributed by atoms with Crippen LogP contribution in [0.3, 0.4) is 0 Å². The van der Waals surface area contributed by atoms with Crippen LogP contribution in [0.25, 0.3) is 0 Å². The van der Waals surface area contributed by atoms with Gasteiger partial charge in [-0.2, -0.15) is 0 Å². The highest BCUT2D eigenvalue weighted by Gasteiger charge is 2.90. The monoisotopic (exact) mass is 486 g/mol. The molecule has 1 spiro atoms. The lowest BCUT2D eigenvalue weighted by Crippen LogP contribution is -2.73. The minimum Gasteiger partial charge on any atom is -0.491 e. The number of allylic oxidation sites excluding steroid dienone is 2. The van der Waals surface area contributed by atoms with Gasteiger partial charge in [-0.05, 0) is 30.9 Å². The summed E-state index contributed by atoms with van der Waals surface area (Å²) in [5, 5.41) is 24.5. The summed E-state index contributed by atoms with van der Waals surface area (Å²) in [6.07, 6.45) is 3.46. The van der Waals surface area contributed by atoms with Gasteiger partial charge in [0.25, 0.3) is 0 Å². The van der Waals surface area contributed by atoms with Crippen molar-refractivity contribution in [3.8, 4) is 0 Å². The van der Waals surface area contributed by atoms with Crippen LogP contribution in [-0.2, 0) is 23.8 Å². The lowest BCUT2D eigenvalue weighted by Gasteiger charge is -2.59. The zero-order valence-corrected chi connectivity index (χ0v) is 21.0. The van der Waals surface area contributed by atoms with Crippen molar-refractivity contribution < 1.29 is 38.4 Å². The summed E-state index contributed by atoms with van der Waals surface area (Å²) in [6, 6.07) is 1.90. The second kappa shape index (κ2) is 6.58. The van der Waals surface area contributed by atoms with Crippen molar-refractivity contribution in [2.24, 2.45) is 28.1 Å². The Hall–Kier alpha value is -2.16. The number of carbonyl (C=O) groups excluding carboxylic acids is 2. The molecule has 10 atom stereocenters. The van der Waals surface area contributed by atoms with Crippen molar-refractivity contribution in [2.45, 2.75) is 82.9 Å². The van der Waals surface area contributed by atoms with Crippen LogP contribution in [0.4, 0.5) is 0 Å². The van der Waals surface area contributed by atoms with Crippen LogP contribution in [0.2, 0.25) is 0 Å². The highest BCUT2D eigenvalue weighted by molar-refractivity contribution is 5.97. The van der Waals surface area contributed by atoms with Crippen molar-refractivity contribution in [1.29, 1.82) is 0 Å². The summed E-state index contributed by atoms with van der Waals surface area (Å²) in [7, 11) is 1.33. The van der Waals surface area contributed by atoms with Crippen LogP contribution in [0.5, 0.6) is 0 Å². The molecule has 6 rings (SSSR count). The fraction of sp³-hybridized carbons (Fsp3) is 0.704. The summed E-state index contributed by atoms with van der Waals surface area (Å²) >= 11 is 0. The highest BCUT2D eigenvalue weighted by Crippen LogP contribution is 2.79. The number of epoxide rings is 1. The standard InChI is InChI=1S/C27H34O8/c1-23(2)15(10-19(29)32-6)24(3)17(11-16(23)28)34-20-21(24)26(5,31)27-18(35-27)9-14(13-7-8-33-12-13)25(27,4)22(20)30/h7-8,11-12,14-15,18,20-22,30-31H,9-10H2,1-6H3/t14-,15-,18+,20-,21+,22-,24+,25+,26+,27+/m0/s1. The van der Waals surface area contributed by atoms with Crippen molar-refractivity contribution in [3.63, 3.8) is 0 Å². The molecule has 1 aromatic rings. The van der Waals surface area contributed by atoms with Crippen LogP contribution in [0.15, 0.2) is 34.8 Å². The van der Waals surface area contributed by atoms with E-state index in [1.165, 1.54) is 13.2 Å². The fourth-order valence-electron chi connectivity index (χ4n) is 9.05. The number of hydrogen-bond acceptors (Lipinski definition) is 8. The number of aliphatic hydroxyl groups is 2. The van der Waals surface area contributed by atoms with Gasteiger partial charge in [-0.3, -0.25) is 9.59 Å². The Bertz CT molecular complexity index is 1130. The van der Waals surface area contributed by atoms with E-state index in [1.54, 1.807) is 19.5 Å². The highest BCUT2D eigenvalue weighted by atomic mass is 16.6. The number of methoxy groups -OCH3 is 1. The van der Waals surface area contributed by atoms with Gasteiger partial charge in [0.1, 0.15) is 29.2 Å². The van der Waals surface area contributed by atoms with Crippen LogP contribution >= 0.6 is 0 Å². The molecule has 4 fully saturated rings. The van der Waals surface area contributed by atoms with Crippen molar-refractivity contribution in [2.75, 3.05) is 7.11 Å². The zero-order valence-electron chi connectivity index (χ0n) is 21.0. The normalized spacial score (nSPS) is 50.9. The number of fused-ring (bicyclic) bond motifs is 3. The molecule has 0 radical (unpaired) electrons.